The van der Waals surface area contributed by atoms with E-state index in [0.717, 1.165) is 35.5 Å². The summed E-state index contributed by atoms with van der Waals surface area (Å²) >= 11 is 0. The van der Waals surface area contributed by atoms with Crippen LogP contribution in [0.3, 0.4) is 0 Å². The molecule has 1 aliphatic rings. The van der Waals surface area contributed by atoms with Crippen LogP contribution in [0.4, 0.5) is 5.69 Å². The van der Waals surface area contributed by atoms with E-state index in [1.165, 1.54) is 0 Å². The van der Waals surface area contributed by atoms with Crippen molar-refractivity contribution in [1.29, 1.82) is 0 Å². The van der Waals surface area contributed by atoms with Crippen molar-refractivity contribution in [2.24, 2.45) is 0 Å². The van der Waals surface area contributed by atoms with Crippen LogP contribution < -0.4 is 14.4 Å². The van der Waals surface area contributed by atoms with Crippen LogP contribution in [-0.4, -0.2) is 19.2 Å². The molecule has 4 nitrogen and oxygen atoms in total. The lowest BCUT2D eigenvalue weighted by Gasteiger charge is -2.16. The molecule has 0 saturated heterocycles. The summed E-state index contributed by atoms with van der Waals surface area (Å²) in [6, 6.07) is 13.8. The first-order valence-electron chi connectivity index (χ1n) is 7.88. The van der Waals surface area contributed by atoms with Crippen LogP contribution in [0.1, 0.15) is 24.0 Å². The molecule has 0 saturated carbocycles. The van der Waals surface area contributed by atoms with Gasteiger partial charge in [0.15, 0.2) is 6.73 Å². The second kappa shape index (κ2) is 6.73. The lowest BCUT2D eigenvalue weighted by Crippen LogP contribution is -2.24. The van der Waals surface area contributed by atoms with Crippen LogP contribution in [0.2, 0.25) is 0 Å². The number of rotatable bonds is 5. The zero-order chi connectivity index (χ0) is 16.2. The number of esters is 1. The standard InChI is InChI=1S/C19H21NO3/c1-14-9-10-17(15(2)12-14)23-19(21)8-5-11-20-13-22-18-7-4-3-6-16(18)20/h3-4,6-7,9-10,12H,5,8,11,13H2,1-2H3. The number of aryl methyl sites for hydroxylation is 2. The van der Waals surface area contributed by atoms with Gasteiger partial charge in [-0.3, -0.25) is 4.79 Å². The second-order valence-corrected chi connectivity index (χ2v) is 5.85. The highest BCUT2D eigenvalue weighted by Crippen LogP contribution is 2.33. The molecule has 0 spiro atoms. The quantitative estimate of drug-likeness (QED) is 0.621. The molecule has 0 N–H and O–H groups in total. The highest BCUT2D eigenvalue weighted by molar-refractivity contribution is 5.73. The van der Waals surface area contributed by atoms with Crippen LogP contribution in [-0.2, 0) is 4.79 Å². The largest absolute Gasteiger partial charge is 0.471 e. The molecule has 0 radical (unpaired) electrons. The van der Waals surface area contributed by atoms with Crippen LogP contribution in [0.15, 0.2) is 42.5 Å². The maximum atomic E-state index is 12.0. The van der Waals surface area contributed by atoms with Gasteiger partial charge in [0.1, 0.15) is 11.5 Å². The van der Waals surface area contributed by atoms with Gasteiger partial charge in [0, 0.05) is 13.0 Å². The summed E-state index contributed by atoms with van der Waals surface area (Å²) in [4.78, 5) is 14.1. The van der Waals surface area contributed by atoms with Crippen molar-refractivity contribution in [2.45, 2.75) is 26.7 Å². The van der Waals surface area contributed by atoms with Gasteiger partial charge in [-0.05, 0) is 44.0 Å². The Morgan fingerprint density at radius 1 is 1.22 bits per heavy atom. The number of carbonyl (C=O) groups is 1. The number of hydrogen-bond donors (Lipinski definition) is 0. The average molecular weight is 311 g/mol. The summed E-state index contributed by atoms with van der Waals surface area (Å²) in [6.07, 6.45) is 1.13. The molecule has 0 aliphatic carbocycles. The normalized spacial score (nSPS) is 12.7. The van der Waals surface area contributed by atoms with Crippen molar-refractivity contribution >= 4 is 11.7 Å². The molecule has 0 aromatic heterocycles. The van der Waals surface area contributed by atoms with Gasteiger partial charge in [0.05, 0.1) is 5.69 Å². The summed E-state index contributed by atoms with van der Waals surface area (Å²) in [5.74, 6) is 1.37. The molecule has 0 amide bonds. The first-order valence-corrected chi connectivity index (χ1v) is 7.88. The predicted octanol–water partition coefficient (Wildman–Crippen LogP) is 3.85. The Hall–Kier alpha value is -2.49. The Morgan fingerprint density at radius 2 is 2.04 bits per heavy atom. The van der Waals surface area contributed by atoms with E-state index in [4.69, 9.17) is 9.47 Å². The molecule has 120 valence electrons. The Labute approximate surface area is 136 Å². The summed E-state index contributed by atoms with van der Waals surface area (Å²) in [5, 5.41) is 0. The summed E-state index contributed by atoms with van der Waals surface area (Å²) in [7, 11) is 0. The molecule has 2 aromatic rings. The average Bonchev–Trinajstić information content (AvgIpc) is 2.94. The lowest BCUT2D eigenvalue weighted by atomic mass is 10.1. The fourth-order valence-corrected chi connectivity index (χ4v) is 2.74. The molecule has 23 heavy (non-hydrogen) atoms. The van der Waals surface area contributed by atoms with Gasteiger partial charge in [-0.25, -0.2) is 0 Å². The van der Waals surface area contributed by atoms with Crippen molar-refractivity contribution in [3.8, 4) is 11.5 Å². The fraction of sp³-hybridized carbons (Fsp3) is 0.316. The van der Waals surface area contributed by atoms with E-state index < -0.39 is 0 Å². The van der Waals surface area contributed by atoms with Crippen molar-refractivity contribution in [2.75, 3.05) is 18.2 Å². The van der Waals surface area contributed by atoms with Crippen LogP contribution >= 0.6 is 0 Å². The smallest absolute Gasteiger partial charge is 0.311 e. The number of benzene rings is 2. The highest BCUT2D eigenvalue weighted by Gasteiger charge is 2.19. The van der Waals surface area contributed by atoms with Gasteiger partial charge in [-0.15, -0.1) is 0 Å². The number of para-hydroxylation sites is 2. The second-order valence-electron chi connectivity index (χ2n) is 5.85. The minimum Gasteiger partial charge on any atom is -0.471 e. The van der Waals surface area contributed by atoms with E-state index in [1.54, 1.807) is 0 Å². The summed E-state index contributed by atoms with van der Waals surface area (Å²) < 4.78 is 11.0. The molecule has 1 heterocycles. The zero-order valence-corrected chi connectivity index (χ0v) is 13.5. The van der Waals surface area contributed by atoms with Gasteiger partial charge < -0.3 is 14.4 Å². The Balaban J connectivity index is 1.49. The molecule has 3 rings (SSSR count). The van der Waals surface area contributed by atoms with E-state index in [1.807, 2.05) is 56.3 Å². The van der Waals surface area contributed by atoms with E-state index in [9.17, 15) is 4.79 Å². The van der Waals surface area contributed by atoms with E-state index in [0.29, 0.717) is 18.9 Å². The molecular weight excluding hydrogens is 290 g/mol. The van der Waals surface area contributed by atoms with Crippen molar-refractivity contribution < 1.29 is 14.3 Å². The van der Waals surface area contributed by atoms with Gasteiger partial charge in [-0.2, -0.15) is 0 Å². The minimum absolute atomic E-state index is 0.189. The van der Waals surface area contributed by atoms with Gasteiger partial charge in [-0.1, -0.05) is 29.8 Å². The molecule has 4 heteroatoms. The zero-order valence-electron chi connectivity index (χ0n) is 13.5. The first kappa shape index (κ1) is 15.4. The Kier molecular flexibility index (Phi) is 4.51. The maximum Gasteiger partial charge on any atom is 0.311 e. The van der Waals surface area contributed by atoms with E-state index in [-0.39, 0.29) is 5.97 Å². The minimum atomic E-state index is -0.189. The maximum absolute atomic E-state index is 12.0. The number of carbonyl (C=O) groups excluding carboxylic acids is 1. The molecule has 1 aliphatic heterocycles. The predicted molar refractivity (Wildman–Crippen MR) is 90.1 cm³/mol. The molecule has 0 fully saturated rings. The highest BCUT2D eigenvalue weighted by atomic mass is 16.5. The van der Waals surface area contributed by atoms with Gasteiger partial charge in [0.25, 0.3) is 0 Å². The monoisotopic (exact) mass is 311 g/mol. The molecule has 0 bridgehead atoms. The van der Waals surface area contributed by atoms with Gasteiger partial charge in [0.2, 0.25) is 0 Å². The van der Waals surface area contributed by atoms with Crippen LogP contribution in [0, 0.1) is 13.8 Å². The van der Waals surface area contributed by atoms with Crippen molar-refractivity contribution in [3.63, 3.8) is 0 Å². The third-order valence-electron chi connectivity index (χ3n) is 3.94. The Bertz CT molecular complexity index is 712. The number of hydrogen-bond acceptors (Lipinski definition) is 4. The number of anilines is 1. The molecule has 2 aromatic carbocycles. The fourth-order valence-electron chi connectivity index (χ4n) is 2.74. The molecule has 0 unspecified atom stereocenters. The van der Waals surface area contributed by atoms with Crippen LogP contribution in [0.5, 0.6) is 11.5 Å². The molecular formula is C19H21NO3. The number of ether oxygens (including phenoxy) is 2. The number of fused-ring (bicyclic) bond motifs is 1. The van der Waals surface area contributed by atoms with Crippen molar-refractivity contribution in [1.82, 2.24) is 0 Å². The topological polar surface area (TPSA) is 38.8 Å². The van der Waals surface area contributed by atoms with E-state index in [2.05, 4.69) is 4.90 Å². The van der Waals surface area contributed by atoms with E-state index >= 15 is 0 Å². The van der Waals surface area contributed by atoms with Crippen molar-refractivity contribution in [3.05, 3.63) is 53.6 Å². The third-order valence-corrected chi connectivity index (χ3v) is 3.94. The first-order chi connectivity index (χ1) is 11.1. The SMILES string of the molecule is Cc1ccc(OC(=O)CCCN2COc3ccccc32)c(C)c1. The molecule has 0 atom stereocenters. The number of nitrogens with zero attached hydrogens (tertiary/aromatic N) is 1. The third kappa shape index (κ3) is 3.65. The summed E-state index contributed by atoms with van der Waals surface area (Å²) in [6.45, 7) is 5.30. The van der Waals surface area contributed by atoms with Crippen LogP contribution in [0.25, 0.3) is 0 Å². The lowest BCUT2D eigenvalue weighted by molar-refractivity contribution is -0.134. The van der Waals surface area contributed by atoms with Gasteiger partial charge >= 0.3 is 5.97 Å². The Morgan fingerprint density at radius 3 is 2.87 bits per heavy atom. The summed E-state index contributed by atoms with van der Waals surface area (Å²) in [5.41, 5.74) is 3.24.